The number of hydrogen-bond acceptors (Lipinski definition) is 2. The molecule has 3 nitrogen and oxygen atoms in total. The predicted molar refractivity (Wildman–Crippen MR) is 43.2 cm³/mol. The summed E-state index contributed by atoms with van der Waals surface area (Å²) in [6, 6.07) is 0. The molecule has 1 unspecified atom stereocenters. The predicted octanol–water partition coefficient (Wildman–Crippen LogP) is 0.759. The lowest BCUT2D eigenvalue weighted by Gasteiger charge is -2.02. The zero-order valence-corrected chi connectivity index (χ0v) is 6.80. The van der Waals surface area contributed by atoms with Crippen LogP contribution >= 0.6 is 0 Å². The summed E-state index contributed by atoms with van der Waals surface area (Å²) in [5.74, 6) is -0.417. The van der Waals surface area contributed by atoms with Crippen LogP contribution in [-0.4, -0.2) is 11.8 Å². The summed E-state index contributed by atoms with van der Waals surface area (Å²) in [6.45, 7) is 0. The number of amides is 2. The summed E-state index contributed by atoms with van der Waals surface area (Å²) >= 11 is 0. The summed E-state index contributed by atoms with van der Waals surface area (Å²) in [6.07, 6.45) is 5.83. The summed E-state index contributed by atoms with van der Waals surface area (Å²) in [4.78, 5) is 22.4. The van der Waals surface area contributed by atoms with E-state index in [0.29, 0.717) is 5.57 Å². The highest BCUT2D eigenvalue weighted by molar-refractivity contribution is 6.14. The van der Waals surface area contributed by atoms with Crippen LogP contribution in [0.1, 0.15) is 25.7 Å². The van der Waals surface area contributed by atoms with E-state index in [4.69, 9.17) is 0 Å². The van der Waals surface area contributed by atoms with Gasteiger partial charge in [0.1, 0.15) is 0 Å². The molecule has 1 fully saturated rings. The quantitative estimate of drug-likeness (QED) is 0.538. The number of nitrogens with one attached hydrogen (secondary N) is 1. The van der Waals surface area contributed by atoms with Crippen molar-refractivity contribution in [3.63, 3.8) is 0 Å². The number of allylic oxidation sites excluding steroid dienone is 1. The molecule has 1 N–H and O–H groups in total. The topological polar surface area (TPSA) is 46.2 Å². The molecule has 2 aliphatic rings. The molecule has 1 heterocycles. The highest BCUT2D eigenvalue weighted by atomic mass is 16.2. The third-order valence-electron chi connectivity index (χ3n) is 2.50. The smallest absolute Gasteiger partial charge is 0.254 e. The molecular weight excluding hydrogens is 154 g/mol. The van der Waals surface area contributed by atoms with Crippen molar-refractivity contribution in [2.75, 3.05) is 0 Å². The van der Waals surface area contributed by atoms with Crippen molar-refractivity contribution in [3.8, 4) is 0 Å². The molecule has 64 valence electrons. The number of carbonyl (C=O) groups is 2. The minimum absolute atomic E-state index is 0.104. The van der Waals surface area contributed by atoms with Gasteiger partial charge in [0.25, 0.3) is 5.91 Å². The highest BCUT2D eigenvalue weighted by Crippen LogP contribution is 2.27. The molecule has 0 aromatic heterocycles. The van der Waals surface area contributed by atoms with Crippen LogP contribution in [0.3, 0.4) is 0 Å². The van der Waals surface area contributed by atoms with Gasteiger partial charge >= 0.3 is 0 Å². The van der Waals surface area contributed by atoms with Crippen molar-refractivity contribution in [2.45, 2.75) is 25.7 Å². The Labute approximate surface area is 70.8 Å². The van der Waals surface area contributed by atoms with Crippen LogP contribution in [-0.2, 0) is 9.59 Å². The van der Waals surface area contributed by atoms with Gasteiger partial charge in [-0.05, 0) is 19.3 Å². The van der Waals surface area contributed by atoms with Crippen LogP contribution in [0.15, 0.2) is 11.6 Å². The van der Waals surface area contributed by atoms with Crippen molar-refractivity contribution in [1.82, 2.24) is 5.32 Å². The Kier molecular flexibility index (Phi) is 1.71. The van der Waals surface area contributed by atoms with Gasteiger partial charge in [0.15, 0.2) is 0 Å². The maximum Gasteiger partial charge on any atom is 0.254 e. The monoisotopic (exact) mass is 165 g/mol. The van der Waals surface area contributed by atoms with Crippen LogP contribution in [0.2, 0.25) is 0 Å². The minimum atomic E-state index is -0.174. The average Bonchev–Trinajstić information content (AvgIpc) is 2.29. The summed E-state index contributed by atoms with van der Waals surface area (Å²) < 4.78 is 0. The van der Waals surface area contributed by atoms with Crippen LogP contribution < -0.4 is 5.32 Å². The zero-order chi connectivity index (χ0) is 8.55. The van der Waals surface area contributed by atoms with Crippen molar-refractivity contribution >= 4 is 11.8 Å². The first-order valence-corrected chi connectivity index (χ1v) is 4.34. The third-order valence-corrected chi connectivity index (χ3v) is 2.50. The number of hydrogen-bond donors (Lipinski definition) is 1. The second-order valence-electron chi connectivity index (χ2n) is 3.31. The SMILES string of the molecule is O=C1NC(=O)C2CCCCC=C12. The van der Waals surface area contributed by atoms with E-state index >= 15 is 0 Å². The maximum atomic E-state index is 11.2. The summed E-state index contributed by atoms with van der Waals surface area (Å²) in [5.41, 5.74) is 0.706. The molecule has 0 aromatic carbocycles. The molecule has 0 spiro atoms. The fourth-order valence-corrected chi connectivity index (χ4v) is 1.84. The van der Waals surface area contributed by atoms with Gasteiger partial charge in [-0.1, -0.05) is 12.5 Å². The van der Waals surface area contributed by atoms with Gasteiger partial charge in [-0.15, -0.1) is 0 Å². The molecule has 12 heavy (non-hydrogen) atoms. The van der Waals surface area contributed by atoms with E-state index in [1.54, 1.807) is 0 Å². The Morgan fingerprint density at radius 3 is 3.00 bits per heavy atom. The average molecular weight is 165 g/mol. The molecule has 0 radical (unpaired) electrons. The number of fused-ring (bicyclic) bond motifs is 1. The second-order valence-corrected chi connectivity index (χ2v) is 3.31. The molecule has 1 aliphatic heterocycles. The van der Waals surface area contributed by atoms with E-state index in [2.05, 4.69) is 5.32 Å². The van der Waals surface area contributed by atoms with Crippen LogP contribution in [0.25, 0.3) is 0 Å². The van der Waals surface area contributed by atoms with Crippen LogP contribution in [0.4, 0.5) is 0 Å². The Morgan fingerprint density at radius 1 is 1.33 bits per heavy atom. The molecule has 0 aromatic rings. The molecular formula is C9H11NO2. The maximum absolute atomic E-state index is 11.2. The molecule has 0 bridgehead atoms. The lowest BCUT2D eigenvalue weighted by Crippen LogP contribution is -2.22. The van der Waals surface area contributed by atoms with E-state index in [1.807, 2.05) is 6.08 Å². The van der Waals surface area contributed by atoms with Crippen molar-refractivity contribution in [2.24, 2.45) is 5.92 Å². The van der Waals surface area contributed by atoms with Gasteiger partial charge in [0, 0.05) is 5.57 Å². The molecule has 0 saturated carbocycles. The van der Waals surface area contributed by atoms with Crippen molar-refractivity contribution in [1.29, 1.82) is 0 Å². The molecule has 2 rings (SSSR count). The fourth-order valence-electron chi connectivity index (χ4n) is 1.84. The number of carbonyl (C=O) groups excluding carboxylic acids is 2. The van der Waals surface area contributed by atoms with Gasteiger partial charge in [-0.2, -0.15) is 0 Å². The van der Waals surface area contributed by atoms with E-state index in [1.165, 1.54) is 0 Å². The largest absolute Gasteiger partial charge is 0.292 e. The second kappa shape index (κ2) is 2.73. The normalized spacial score (nSPS) is 29.0. The van der Waals surface area contributed by atoms with E-state index < -0.39 is 0 Å². The lowest BCUT2D eigenvalue weighted by molar-refractivity contribution is -0.125. The fraction of sp³-hybridized carbons (Fsp3) is 0.556. The van der Waals surface area contributed by atoms with Gasteiger partial charge < -0.3 is 0 Å². The van der Waals surface area contributed by atoms with Crippen LogP contribution in [0.5, 0.6) is 0 Å². The Bertz CT molecular complexity index is 268. The summed E-state index contributed by atoms with van der Waals surface area (Å²) in [7, 11) is 0. The van der Waals surface area contributed by atoms with Gasteiger partial charge in [-0.25, -0.2) is 0 Å². The van der Waals surface area contributed by atoms with Gasteiger partial charge in [0.05, 0.1) is 5.92 Å². The first-order valence-electron chi connectivity index (χ1n) is 4.34. The molecule has 2 amide bonds. The van der Waals surface area contributed by atoms with E-state index in [9.17, 15) is 9.59 Å². The van der Waals surface area contributed by atoms with Crippen molar-refractivity contribution in [3.05, 3.63) is 11.6 Å². The Morgan fingerprint density at radius 2 is 2.17 bits per heavy atom. The zero-order valence-electron chi connectivity index (χ0n) is 6.80. The first-order chi connectivity index (χ1) is 5.79. The lowest BCUT2D eigenvalue weighted by atomic mass is 9.98. The standard InChI is InChI=1S/C9H11NO2/c11-8-6-4-2-1-3-5-7(6)9(12)10-8/h4,7H,1-3,5H2,(H,10,11,12). The molecule has 3 heteroatoms. The molecule has 1 saturated heterocycles. The highest BCUT2D eigenvalue weighted by Gasteiger charge is 2.35. The Hall–Kier alpha value is -1.12. The first kappa shape index (κ1) is 7.53. The number of rotatable bonds is 0. The molecule has 1 aliphatic carbocycles. The van der Waals surface area contributed by atoms with Crippen molar-refractivity contribution < 1.29 is 9.59 Å². The Balaban J connectivity index is 2.31. The summed E-state index contributed by atoms with van der Waals surface area (Å²) in [5, 5.41) is 2.34. The minimum Gasteiger partial charge on any atom is -0.292 e. The third kappa shape index (κ3) is 1.05. The van der Waals surface area contributed by atoms with E-state index in [0.717, 1.165) is 25.7 Å². The van der Waals surface area contributed by atoms with E-state index in [-0.39, 0.29) is 17.7 Å². The van der Waals surface area contributed by atoms with Crippen LogP contribution in [0, 0.1) is 5.92 Å². The van der Waals surface area contributed by atoms with Gasteiger partial charge in [-0.3, -0.25) is 14.9 Å². The van der Waals surface area contributed by atoms with Gasteiger partial charge in [0.2, 0.25) is 5.91 Å². The molecule has 1 atom stereocenters. The number of imide groups is 1.